The van der Waals surface area contributed by atoms with Crippen molar-refractivity contribution < 1.29 is 27.9 Å². The molecule has 0 saturated carbocycles. The van der Waals surface area contributed by atoms with E-state index in [1.54, 1.807) is 41.2 Å². The summed E-state index contributed by atoms with van der Waals surface area (Å²) in [5.41, 5.74) is -0.242. The molecule has 0 radical (unpaired) electrons. The Balaban J connectivity index is 1.83. The zero-order valence-corrected chi connectivity index (χ0v) is 16.0. The highest BCUT2D eigenvalue weighted by Gasteiger charge is 2.29. The van der Waals surface area contributed by atoms with Crippen LogP contribution in [-0.2, 0) is 11.4 Å². The third-order valence-corrected chi connectivity index (χ3v) is 4.75. The molecule has 0 aliphatic rings. The smallest absolute Gasteiger partial charge is 0.396 e. The van der Waals surface area contributed by atoms with Gasteiger partial charge in [-0.15, -0.1) is 0 Å². The lowest BCUT2D eigenvalue weighted by Gasteiger charge is -2.12. The van der Waals surface area contributed by atoms with Gasteiger partial charge in [0.2, 0.25) is 0 Å². The van der Waals surface area contributed by atoms with Crippen LogP contribution < -0.4 is 5.48 Å². The number of hydrogen-bond acceptors (Lipinski definition) is 5. The first-order valence-electron chi connectivity index (χ1n) is 8.68. The second kappa shape index (κ2) is 9.29. The largest absolute Gasteiger partial charge is 0.446 e. The Morgan fingerprint density at radius 3 is 2.69 bits per heavy atom. The van der Waals surface area contributed by atoms with Gasteiger partial charge in [-0.3, -0.25) is 14.6 Å². The molecular weight excluding hydrogens is 407 g/mol. The Morgan fingerprint density at radius 1 is 1.24 bits per heavy atom. The average molecular weight is 425 g/mol. The van der Waals surface area contributed by atoms with Crippen LogP contribution in [0.3, 0.4) is 0 Å². The summed E-state index contributed by atoms with van der Waals surface area (Å²) in [4.78, 5) is 21.8. The number of hydrogen-bond donors (Lipinski definition) is 2. The number of alkyl halides is 3. The lowest BCUT2D eigenvalue weighted by molar-refractivity contribution is -0.0328. The quantitative estimate of drug-likeness (QED) is 0.327. The number of amides is 1. The first-order chi connectivity index (χ1) is 13.9. The van der Waals surface area contributed by atoms with Crippen LogP contribution in [0.1, 0.15) is 22.5 Å². The molecule has 0 spiro atoms. The molecule has 3 aromatic rings. The first kappa shape index (κ1) is 21.2. The molecule has 3 rings (SSSR count). The van der Waals surface area contributed by atoms with Crippen LogP contribution in [0.5, 0.6) is 0 Å². The van der Waals surface area contributed by atoms with Gasteiger partial charge in [0.15, 0.2) is 0 Å². The van der Waals surface area contributed by atoms with Crippen LogP contribution in [0.2, 0.25) is 0 Å². The van der Waals surface area contributed by atoms with Crippen LogP contribution in [0.4, 0.5) is 13.2 Å². The summed E-state index contributed by atoms with van der Waals surface area (Å²) in [6, 6.07) is 9.43. The second-order valence-corrected chi connectivity index (χ2v) is 7.24. The molecule has 0 bridgehead atoms. The van der Waals surface area contributed by atoms with Crippen molar-refractivity contribution in [2.45, 2.75) is 23.4 Å². The Morgan fingerprint density at radius 2 is 2.00 bits per heavy atom. The van der Waals surface area contributed by atoms with Crippen molar-refractivity contribution in [2.75, 3.05) is 13.2 Å². The van der Waals surface area contributed by atoms with Gasteiger partial charge >= 0.3 is 5.51 Å². The molecule has 0 aliphatic heterocycles. The number of aliphatic hydroxyl groups excluding tert-OH is 1. The molecule has 1 amide bonds. The number of thioether (sulfide) groups is 1. The molecule has 154 valence electrons. The zero-order chi connectivity index (χ0) is 20.9. The Bertz CT molecular complexity index is 974. The lowest BCUT2D eigenvalue weighted by atomic mass is 10.2. The fourth-order valence-electron chi connectivity index (χ4n) is 2.74. The van der Waals surface area contributed by atoms with E-state index in [9.17, 15) is 18.0 Å². The summed E-state index contributed by atoms with van der Waals surface area (Å²) in [7, 11) is 0. The van der Waals surface area contributed by atoms with Crippen molar-refractivity contribution in [3.8, 4) is 0 Å². The van der Waals surface area contributed by atoms with Gasteiger partial charge in [-0.2, -0.15) is 13.2 Å². The summed E-state index contributed by atoms with van der Waals surface area (Å²) in [6.45, 7) is 0.387. The predicted molar refractivity (Wildman–Crippen MR) is 102 cm³/mol. The maximum absolute atomic E-state index is 12.5. The first-order valence-corrected chi connectivity index (χ1v) is 9.50. The van der Waals surface area contributed by atoms with Crippen LogP contribution in [0, 0.1) is 0 Å². The van der Waals surface area contributed by atoms with E-state index >= 15 is 0 Å². The molecule has 1 aromatic carbocycles. The molecule has 0 fully saturated rings. The van der Waals surface area contributed by atoms with Crippen molar-refractivity contribution in [3.05, 3.63) is 60.0 Å². The van der Waals surface area contributed by atoms with E-state index in [0.29, 0.717) is 17.6 Å². The van der Waals surface area contributed by atoms with Gasteiger partial charge in [-0.25, -0.2) is 5.48 Å². The number of aromatic nitrogens is 2. The molecule has 2 aromatic heterocycles. The molecule has 0 unspecified atom stereocenters. The molecule has 0 saturated heterocycles. The third-order valence-electron chi connectivity index (χ3n) is 4.01. The van der Waals surface area contributed by atoms with Crippen molar-refractivity contribution in [3.63, 3.8) is 0 Å². The van der Waals surface area contributed by atoms with Crippen molar-refractivity contribution in [1.82, 2.24) is 15.0 Å². The average Bonchev–Trinajstić information content (AvgIpc) is 3.04. The van der Waals surface area contributed by atoms with E-state index < -0.39 is 11.4 Å². The van der Waals surface area contributed by atoms with Crippen LogP contribution in [0.15, 0.2) is 53.7 Å². The Labute approximate surface area is 168 Å². The number of pyridine rings is 1. The zero-order valence-electron chi connectivity index (χ0n) is 15.1. The van der Waals surface area contributed by atoms with Gasteiger partial charge in [-0.1, -0.05) is 12.1 Å². The predicted octanol–water partition coefficient (Wildman–Crippen LogP) is 3.74. The van der Waals surface area contributed by atoms with Gasteiger partial charge < -0.3 is 9.67 Å². The van der Waals surface area contributed by atoms with E-state index in [2.05, 4.69) is 10.5 Å². The van der Waals surface area contributed by atoms with Crippen LogP contribution >= 0.6 is 11.8 Å². The molecular formula is C19H18F3N3O3S. The fourth-order valence-corrected chi connectivity index (χ4v) is 3.28. The Kier molecular flexibility index (Phi) is 6.78. The van der Waals surface area contributed by atoms with Gasteiger partial charge in [0.1, 0.15) is 5.69 Å². The molecule has 2 heterocycles. The number of fused-ring (bicyclic) bond motifs is 1. The minimum absolute atomic E-state index is 0.0512. The monoisotopic (exact) mass is 425 g/mol. The maximum atomic E-state index is 12.5. The summed E-state index contributed by atoms with van der Waals surface area (Å²) in [6.07, 6.45) is 3.61. The highest BCUT2D eigenvalue weighted by Crippen LogP contribution is 2.36. The van der Waals surface area contributed by atoms with Gasteiger partial charge in [0.25, 0.3) is 5.91 Å². The van der Waals surface area contributed by atoms with Gasteiger partial charge in [0.05, 0.1) is 18.3 Å². The lowest BCUT2D eigenvalue weighted by Crippen LogP contribution is -2.27. The number of carbonyl (C=O) groups is 1. The van der Waals surface area contributed by atoms with Crippen LogP contribution in [0.25, 0.3) is 10.9 Å². The normalized spacial score (nSPS) is 11.7. The van der Waals surface area contributed by atoms with Crippen molar-refractivity contribution >= 4 is 28.6 Å². The molecule has 6 nitrogen and oxygen atoms in total. The number of benzene rings is 1. The van der Waals surface area contributed by atoms with E-state index in [4.69, 9.17) is 9.94 Å². The SMILES string of the molecule is O=C(NOCCCO)c1cc2ccncc2n1Cc1ccc(SC(F)(F)F)cc1. The molecule has 29 heavy (non-hydrogen) atoms. The number of halogens is 3. The second-order valence-electron chi connectivity index (χ2n) is 6.10. The van der Waals surface area contributed by atoms with E-state index in [1.165, 1.54) is 12.1 Å². The fraction of sp³-hybridized carbons (Fsp3) is 0.263. The summed E-state index contributed by atoms with van der Waals surface area (Å²) in [5, 5.41) is 9.56. The third kappa shape index (κ3) is 5.72. The molecule has 0 aliphatic carbocycles. The van der Waals surface area contributed by atoms with Crippen molar-refractivity contribution in [2.24, 2.45) is 0 Å². The number of nitrogens with one attached hydrogen (secondary N) is 1. The highest BCUT2D eigenvalue weighted by atomic mass is 32.2. The maximum Gasteiger partial charge on any atom is 0.446 e. The standard InChI is InChI=1S/C19H18F3N3O3S/c20-19(21,22)29-15-4-2-13(3-5-15)12-25-16(18(27)24-28-9-1-8-26)10-14-6-7-23-11-17(14)25/h2-7,10-11,26H,1,8-9,12H2,(H,24,27). The van der Waals surface area contributed by atoms with E-state index in [1.807, 2.05) is 0 Å². The molecule has 0 atom stereocenters. The summed E-state index contributed by atoms with van der Waals surface area (Å²) >= 11 is -0.174. The summed E-state index contributed by atoms with van der Waals surface area (Å²) < 4.78 is 39.2. The molecule has 10 heteroatoms. The number of rotatable bonds is 8. The number of nitrogens with zero attached hydrogens (tertiary/aromatic N) is 2. The van der Waals surface area contributed by atoms with E-state index in [0.717, 1.165) is 10.9 Å². The molecule has 2 N–H and O–H groups in total. The minimum Gasteiger partial charge on any atom is -0.396 e. The van der Waals surface area contributed by atoms with Crippen molar-refractivity contribution in [1.29, 1.82) is 0 Å². The topological polar surface area (TPSA) is 76.4 Å². The van der Waals surface area contributed by atoms with Gasteiger partial charge in [-0.05, 0) is 48.0 Å². The van der Waals surface area contributed by atoms with Crippen LogP contribution in [-0.4, -0.2) is 39.3 Å². The summed E-state index contributed by atoms with van der Waals surface area (Å²) in [5.74, 6) is -0.469. The minimum atomic E-state index is -4.34. The van der Waals surface area contributed by atoms with Gasteiger partial charge in [0, 0.05) is 29.6 Å². The number of aliphatic hydroxyl groups is 1. The highest BCUT2D eigenvalue weighted by molar-refractivity contribution is 8.00. The Hall–Kier alpha value is -2.56. The van der Waals surface area contributed by atoms with E-state index in [-0.39, 0.29) is 36.4 Å². The number of carbonyl (C=O) groups excluding carboxylic acids is 1. The number of hydroxylamine groups is 1.